The van der Waals surface area contributed by atoms with Crippen LogP contribution in [-0.2, 0) is 4.74 Å². The standard InChI is InChI=1S/C17H30ClNO/c1-14-5-4-7-16(11-14,13-18)19-12-15-6-10-17(20-15)8-2-3-9-17/h14-15,19H,2-13H2,1H3. The Balaban J connectivity index is 1.51. The van der Waals surface area contributed by atoms with Gasteiger partial charge in [-0.1, -0.05) is 32.6 Å². The van der Waals surface area contributed by atoms with E-state index in [0.717, 1.165) is 18.3 Å². The fraction of sp³-hybridized carbons (Fsp3) is 1.00. The molecule has 3 atom stereocenters. The lowest BCUT2D eigenvalue weighted by atomic mass is 9.77. The predicted molar refractivity (Wildman–Crippen MR) is 84.4 cm³/mol. The van der Waals surface area contributed by atoms with Crippen LogP contribution < -0.4 is 5.32 Å². The lowest BCUT2D eigenvalue weighted by molar-refractivity contribution is -0.0382. The Morgan fingerprint density at radius 2 is 1.90 bits per heavy atom. The molecule has 2 saturated carbocycles. The van der Waals surface area contributed by atoms with Crippen molar-refractivity contribution >= 4 is 11.6 Å². The van der Waals surface area contributed by atoms with Crippen molar-refractivity contribution in [2.75, 3.05) is 12.4 Å². The summed E-state index contributed by atoms with van der Waals surface area (Å²) >= 11 is 6.31. The molecule has 3 fully saturated rings. The molecule has 3 aliphatic rings. The largest absolute Gasteiger partial charge is 0.370 e. The molecule has 1 spiro atoms. The molecule has 1 saturated heterocycles. The minimum Gasteiger partial charge on any atom is -0.370 e. The Morgan fingerprint density at radius 3 is 2.60 bits per heavy atom. The summed E-state index contributed by atoms with van der Waals surface area (Å²) in [5.41, 5.74) is 0.439. The highest BCUT2D eigenvalue weighted by molar-refractivity contribution is 6.18. The van der Waals surface area contributed by atoms with E-state index in [2.05, 4.69) is 12.2 Å². The summed E-state index contributed by atoms with van der Waals surface area (Å²) in [5, 5.41) is 3.81. The van der Waals surface area contributed by atoms with Crippen molar-refractivity contribution in [3.63, 3.8) is 0 Å². The molecule has 3 rings (SSSR count). The van der Waals surface area contributed by atoms with Crippen LogP contribution in [0, 0.1) is 5.92 Å². The van der Waals surface area contributed by atoms with Gasteiger partial charge in [0.25, 0.3) is 0 Å². The van der Waals surface area contributed by atoms with Crippen LogP contribution in [0.15, 0.2) is 0 Å². The van der Waals surface area contributed by atoms with E-state index in [1.54, 1.807) is 0 Å². The van der Waals surface area contributed by atoms with Crippen molar-refractivity contribution in [1.82, 2.24) is 5.32 Å². The highest BCUT2D eigenvalue weighted by Crippen LogP contribution is 2.43. The van der Waals surface area contributed by atoms with Gasteiger partial charge < -0.3 is 10.1 Å². The molecule has 1 aliphatic heterocycles. The van der Waals surface area contributed by atoms with Gasteiger partial charge in [-0.3, -0.25) is 0 Å². The Hall–Kier alpha value is 0.210. The SMILES string of the molecule is CC1CCCC(CCl)(NCC2CCC3(CCCC3)O2)C1. The van der Waals surface area contributed by atoms with E-state index in [-0.39, 0.29) is 11.1 Å². The number of ether oxygens (including phenoxy) is 1. The second-order valence-corrected chi connectivity index (χ2v) is 7.93. The molecule has 0 aromatic heterocycles. The van der Waals surface area contributed by atoms with E-state index in [1.807, 2.05) is 0 Å². The van der Waals surface area contributed by atoms with Crippen molar-refractivity contribution in [3.8, 4) is 0 Å². The van der Waals surface area contributed by atoms with E-state index < -0.39 is 0 Å². The van der Waals surface area contributed by atoms with E-state index in [9.17, 15) is 0 Å². The maximum atomic E-state index is 6.41. The summed E-state index contributed by atoms with van der Waals surface area (Å²) in [7, 11) is 0. The van der Waals surface area contributed by atoms with E-state index in [1.165, 1.54) is 64.2 Å². The van der Waals surface area contributed by atoms with Crippen molar-refractivity contribution in [1.29, 1.82) is 0 Å². The van der Waals surface area contributed by atoms with Crippen LogP contribution in [0.4, 0.5) is 0 Å². The molecule has 0 radical (unpaired) electrons. The lowest BCUT2D eigenvalue weighted by Gasteiger charge is -2.40. The van der Waals surface area contributed by atoms with Gasteiger partial charge in [-0.15, -0.1) is 11.6 Å². The first-order valence-corrected chi connectivity index (χ1v) is 9.18. The molecular weight excluding hydrogens is 270 g/mol. The van der Waals surface area contributed by atoms with Gasteiger partial charge in [0.2, 0.25) is 0 Å². The number of hydrogen-bond acceptors (Lipinski definition) is 2. The zero-order valence-corrected chi connectivity index (χ0v) is 13.7. The van der Waals surface area contributed by atoms with Crippen molar-refractivity contribution in [3.05, 3.63) is 0 Å². The zero-order valence-electron chi connectivity index (χ0n) is 12.9. The molecule has 3 heteroatoms. The summed E-state index contributed by atoms with van der Waals surface area (Å²) in [5.74, 6) is 1.55. The van der Waals surface area contributed by atoms with Crippen LogP contribution in [0.2, 0.25) is 0 Å². The molecule has 1 heterocycles. The average Bonchev–Trinajstić information content (AvgIpc) is 3.07. The normalized spacial score (nSPS) is 40.5. The number of hydrogen-bond donors (Lipinski definition) is 1. The third-order valence-corrected chi connectivity index (χ3v) is 6.42. The van der Waals surface area contributed by atoms with Crippen molar-refractivity contribution < 1.29 is 4.74 Å². The molecule has 0 amide bonds. The summed E-state index contributed by atoms with van der Waals surface area (Å²) in [4.78, 5) is 0. The number of rotatable bonds is 4. The smallest absolute Gasteiger partial charge is 0.0708 e. The molecule has 116 valence electrons. The van der Waals surface area contributed by atoms with Gasteiger partial charge in [0.15, 0.2) is 0 Å². The summed E-state index contributed by atoms with van der Waals surface area (Å²) < 4.78 is 6.41. The molecule has 2 aliphatic carbocycles. The molecular formula is C17H30ClNO. The van der Waals surface area contributed by atoms with Gasteiger partial charge in [0.05, 0.1) is 11.7 Å². The number of halogens is 1. The van der Waals surface area contributed by atoms with Gasteiger partial charge in [-0.25, -0.2) is 0 Å². The van der Waals surface area contributed by atoms with Gasteiger partial charge in [0, 0.05) is 18.0 Å². The Morgan fingerprint density at radius 1 is 1.10 bits per heavy atom. The van der Waals surface area contributed by atoms with Crippen molar-refractivity contribution in [2.45, 2.75) is 88.4 Å². The Bertz CT molecular complexity index is 329. The van der Waals surface area contributed by atoms with Gasteiger partial charge in [-0.05, 0) is 44.4 Å². The first kappa shape index (κ1) is 15.1. The highest BCUT2D eigenvalue weighted by atomic mass is 35.5. The second-order valence-electron chi connectivity index (χ2n) is 7.67. The van der Waals surface area contributed by atoms with E-state index in [4.69, 9.17) is 16.3 Å². The van der Waals surface area contributed by atoms with Crippen LogP contribution in [0.3, 0.4) is 0 Å². The maximum absolute atomic E-state index is 6.41. The number of alkyl halides is 1. The van der Waals surface area contributed by atoms with Gasteiger partial charge >= 0.3 is 0 Å². The first-order chi connectivity index (χ1) is 9.65. The van der Waals surface area contributed by atoms with Crippen LogP contribution in [-0.4, -0.2) is 29.7 Å². The number of nitrogens with one attached hydrogen (secondary N) is 1. The maximum Gasteiger partial charge on any atom is 0.0708 e. The Kier molecular flexibility index (Phi) is 4.64. The fourth-order valence-electron chi connectivity index (χ4n) is 4.75. The van der Waals surface area contributed by atoms with Crippen LogP contribution in [0.25, 0.3) is 0 Å². The monoisotopic (exact) mass is 299 g/mol. The lowest BCUT2D eigenvalue weighted by Crippen LogP contribution is -2.52. The molecule has 20 heavy (non-hydrogen) atoms. The second kappa shape index (κ2) is 6.14. The fourth-order valence-corrected chi connectivity index (χ4v) is 5.08. The third-order valence-electron chi connectivity index (χ3n) is 5.91. The summed E-state index contributed by atoms with van der Waals surface area (Å²) in [6.07, 6.45) is 13.4. The topological polar surface area (TPSA) is 21.3 Å². The minimum atomic E-state index is 0.175. The third kappa shape index (κ3) is 3.18. The zero-order chi connectivity index (χ0) is 14.1. The van der Waals surface area contributed by atoms with Crippen molar-refractivity contribution in [2.24, 2.45) is 5.92 Å². The van der Waals surface area contributed by atoms with Gasteiger partial charge in [0.1, 0.15) is 0 Å². The quantitative estimate of drug-likeness (QED) is 0.783. The summed E-state index contributed by atoms with van der Waals surface area (Å²) in [6.45, 7) is 3.36. The van der Waals surface area contributed by atoms with Crippen LogP contribution >= 0.6 is 11.6 Å². The first-order valence-electron chi connectivity index (χ1n) is 8.64. The molecule has 0 aromatic carbocycles. The van der Waals surface area contributed by atoms with E-state index in [0.29, 0.717) is 6.10 Å². The molecule has 2 nitrogen and oxygen atoms in total. The summed E-state index contributed by atoms with van der Waals surface area (Å²) in [6, 6.07) is 0. The van der Waals surface area contributed by atoms with Crippen LogP contribution in [0.1, 0.15) is 71.1 Å². The highest BCUT2D eigenvalue weighted by Gasteiger charge is 2.43. The minimum absolute atomic E-state index is 0.175. The predicted octanol–water partition coefficient (Wildman–Crippen LogP) is 4.26. The molecule has 3 unspecified atom stereocenters. The average molecular weight is 300 g/mol. The molecule has 0 aromatic rings. The molecule has 1 N–H and O–H groups in total. The van der Waals surface area contributed by atoms with Crippen LogP contribution in [0.5, 0.6) is 0 Å². The Labute approximate surface area is 129 Å². The van der Waals surface area contributed by atoms with Gasteiger partial charge in [-0.2, -0.15) is 0 Å². The molecule has 0 bridgehead atoms. The van der Waals surface area contributed by atoms with E-state index >= 15 is 0 Å².